The van der Waals surface area contributed by atoms with Crippen molar-refractivity contribution in [1.29, 1.82) is 0 Å². The lowest BCUT2D eigenvalue weighted by atomic mass is 10.2. The third-order valence-corrected chi connectivity index (χ3v) is 2.97. The van der Waals surface area contributed by atoms with E-state index >= 15 is 0 Å². The maximum absolute atomic E-state index is 12.3. The molecule has 2 heterocycles. The number of thiocarbonyl (C=S) groups is 1. The molecule has 20 heavy (non-hydrogen) atoms. The number of nitrogens with one attached hydrogen (secondary N) is 1. The van der Waals surface area contributed by atoms with Crippen LogP contribution in [0.25, 0.3) is 5.52 Å². The van der Waals surface area contributed by atoms with Crippen molar-refractivity contribution in [2.75, 3.05) is 19.5 Å². The summed E-state index contributed by atoms with van der Waals surface area (Å²) in [6.45, 7) is 0. The van der Waals surface area contributed by atoms with E-state index in [9.17, 15) is 9.59 Å². The summed E-state index contributed by atoms with van der Waals surface area (Å²) in [6.07, 6.45) is 1.56. The monoisotopic (exact) mass is 292 g/mol. The fourth-order valence-electron chi connectivity index (χ4n) is 1.77. The van der Waals surface area contributed by atoms with Gasteiger partial charge in [0.15, 0.2) is 0 Å². The number of methoxy groups -OCH3 is 2. The molecule has 2 aromatic rings. The van der Waals surface area contributed by atoms with E-state index in [4.69, 9.17) is 21.7 Å². The van der Waals surface area contributed by atoms with Gasteiger partial charge in [0, 0.05) is 6.20 Å². The van der Waals surface area contributed by atoms with Gasteiger partial charge in [-0.05, 0) is 30.4 Å². The predicted octanol–water partition coefficient (Wildman–Crippen LogP) is 1.43. The Balaban J connectivity index is 2.71. The standard InChI is InChI=1S/C13H12N2O4S/c1-18-12(17)8-7-9(14-13(20)19-2)11(16)15-6-4-3-5-10(8)15/h3-7H,1-2H3,(H,14,20). The number of fused-ring (bicyclic) bond motifs is 1. The van der Waals surface area contributed by atoms with Crippen LogP contribution in [0.2, 0.25) is 0 Å². The highest BCUT2D eigenvalue weighted by Crippen LogP contribution is 2.14. The zero-order valence-corrected chi connectivity index (χ0v) is 11.7. The van der Waals surface area contributed by atoms with Crippen LogP contribution in [-0.4, -0.2) is 29.8 Å². The average Bonchev–Trinajstić information content (AvgIpc) is 2.49. The minimum Gasteiger partial charge on any atom is -0.474 e. The van der Waals surface area contributed by atoms with Gasteiger partial charge in [0.1, 0.15) is 5.69 Å². The van der Waals surface area contributed by atoms with Crippen molar-refractivity contribution in [2.24, 2.45) is 0 Å². The number of carbonyl (C=O) groups is 1. The fourth-order valence-corrected chi connectivity index (χ4v) is 1.88. The lowest BCUT2D eigenvalue weighted by Crippen LogP contribution is -2.24. The van der Waals surface area contributed by atoms with Crippen LogP contribution in [0.4, 0.5) is 5.69 Å². The van der Waals surface area contributed by atoms with Crippen molar-refractivity contribution in [3.05, 3.63) is 46.4 Å². The molecule has 2 rings (SSSR count). The summed E-state index contributed by atoms with van der Waals surface area (Å²) in [7, 11) is 2.66. The van der Waals surface area contributed by atoms with Crippen LogP contribution < -0.4 is 10.9 Å². The molecule has 7 heteroatoms. The summed E-state index contributed by atoms with van der Waals surface area (Å²) in [5, 5.41) is 2.68. The second-order valence-electron chi connectivity index (χ2n) is 3.84. The smallest absolute Gasteiger partial charge is 0.340 e. The Morgan fingerprint density at radius 2 is 2.05 bits per heavy atom. The Morgan fingerprint density at radius 3 is 2.70 bits per heavy atom. The van der Waals surface area contributed by atoms with Gasteiger partial charge < -0.3 is 14.8 Å². The van der Waals surface area contributed by atoms with Crippen LogP contribution in [-0.2, 0) is 9.47 Å². The summed E-state index contributed by atoms with van der Waals surface area (Å²) in [6, 6.07) is 6.48. The second-order valence-corrected chi connectivity index (χ2v) is 4.21. The minimum atomic E-state index is -0.542. The first-order valence-corrected chi connectivity index (χ1v) is 6.07. The number of carbonyl (C=O) groups excluding carboxylic acids is 1. The number of ether oxygens (including phenoxy) is 2. The normalized spacial score (nSPS) is 10.1. The summed E-state index contributed by atoms with van der Waals surface area (Å²) in [5.74, 6) is -0.542. The van der Waals surface area contributed by atoms with Crippen molar-refractivity contribution in [2.45, 2.75) is 0 Å². The zero-order valence-electron chi connectivity index (χ0n) is 10.9. The Morgan fingerprint density at radius 1 is 1.30 bits per heavy atom. The van der Waals surface area contributed by atoms with E-state index in [0.29, 0.717) is 5.52 Å². The van der Waals surface area contributed by atoms with Crippen molar-refractivity contribution in [1.82, 2.24) is 4.40 Å². The van der Waals surface area contributed by atoms with E-state index in [0.717, 1.165) is 0 Å². The second kappa shape index (κ2) is 5.70. The molecular formula is C13H12N2O4S. The van der Waals surface area contributed by atoms with Crippen LogP contribution >= 0.6 is 12.2 Å². The van der Waals surface area contributed by atoms with E-state index in [2.05, 4.69) is 5.32 Å². The highest BCUT2D eigenvalue weighted by Gasteiger charge is 2.15. The molecule has 0 radical (unpaired) electrons. The van der Waals surface area contributed by atoms with Gasteiger partial charge in [0.05, 0.1) is 25.3 Å². The maximum atomic E-state index is 12.3. The number of rotatable bonds is 2. The lowest BCUT2D eigenvalue weighted by Gasteiger charge is -2.11. The first-order valence-electron chi connectivity index (χ1n) is 5.66. The number of hydrogen-bond donors (Lipinski definition) is 1. The van der Waals surface area contributed by atoms with E-state index in [1.807, 2.05) is 0 Å². The largest absolute Gasteiger partial charge is 0.474 e. The number of esters is 1. The zero-order chi connectivity index (χ0) is 14.7. The highest BCUT2D eigenvalue weighted by atomic mass is 32.1. The third kappa shape index (κ3) is 2.48. The number of hydrogen-bond acceptors (Lipinski definition) is 5. The van der Waals surface area contributed by atoms with Crippen molar-refractivity contribution in [3.63, 3.8) is 0 Å². The molecule has 104 valence electrons. The molecule has 0 spiro atoms. The predicted molar refractivity (Wildman–Crippen MR) is 78.2 cm³/mol. The van der Waals surface area contributed by atoms with E-state index in [1.54, 1.807) is 24.4 Å². The Kier molecular flexibility index (Phi) is 3.99. The quantitative estimate of drug-likeness (QED) is 0.667. The molecule has 0 aliphatic heterocycles. The Bertz CT molecular complexity index is 739. The van der Waals surface area contributed by atoms with Crippen LogP contribution in [0.3, 0.4) is 0 Å². The molecule has 0 aliphatic carbocycles. The van der Waals surface area contributed by atoms with Crippen LogP contribution in [0.5, 0.6) is 0 Å². The van der Waals surface area contributed by atoms with Gasteiger partial charge in [0.25, 0.3) is 10.7 Å². The molecule has 0 saturated heterocycles. The van der Waals surface area contributed by atoms with Gasteiger partial charge in [0.2, 0.25) is 0 Å². The van der Waals surface area contributed by atoms with E-state index in [1.165, 1.54) is 24.7 Å². The highest BCUT2D eigenvalue weighted by molar-refractivity contribution is 7.80. The molecule has 0 atom stereocenters. The van der Waals surface area contributed by atoms with E-state index in [-0.39, 0.29) is 22.0 Å². The minimum absolute atomic E-state index is 0.0359. The average molecular weight is 292 g/mol. The number of pyridine rings is 2. The van der Waals surface area contributed by atoms with E-state index < -0.39 is 5.97 Å². The number of anilines is 1. The molecule has 1 N–H and O–H groups in total. The molecule has 0 saturated carbocycles. The molecule has 2 aromatic heterocycles. The molecule has 6 nitrogen and oxygen atoms in total. The van der Waals surface area contributed by atoms with Gasteiger partial charge in [-0.25, -0.2) is 4.79 Å². The van der Waals surface area contributed by atoms with Crippen molar-refractivity contribution in [3.8, 4) is 0 Å². The summed E-state index contributed by atoms with van der Waals surface area (Å²) in [5.41, 5.74) is 0.515. The number of nitrogens with zero attached hydrogens (tertiary/aromatic N) is 1. The first kappa shape index (κ1) is 14.0. The Labute approximate surface area is 119 Å². The molecule has 0 fully saturated rings. The lowest BCUT2D eigenvalue weighted by molar-refractivity contribution is 0.0602. The third-order valence-electron chi connectivity index (χ3n) is 2.70. The summed E-state index contributed by atoms with van der Waals surface area (Å²) >= 11 is 4.86. The van der Waals surface area contributed by atoms with Crippen LogP contribution in [0.15, 0.2) is 35.3 Å². The summed E-state index contributed by atoms with van der Waals surface area (Å²) < 4.78 is 10.9. The topological polar surface area (TPSA) is 69.0 Å². The maximum Gasteiger partial charge on any atom is 0.340 e. The summed E-state index contributed by atoms with van der Waals surface area (Å²) in [4.78, 5) is 24.1. The van der Waals surface area contributed by atoms with Crippen molar-refractivity contribution >= 4 is 34.6 Å². The molecule has 0 aromatic carbocycles. The molecule has 0 amide bonds. The van der Waals surface area contributed by atoms with Gasteiger partial charge >= 0.3 is 5.97 Å². The van der Waals surface area contributed by atoms with Crippen molar-refractivity contribution < 1.29 is 14.3 Å². The number of aromatic nitrogens is 1. The fraction of sp³-hybridized carbons (Fsp3) is 0.154. The molecule has 0 bridgehead atoms. The Hall–Kier alpha value is -2.41. The molecular weight excluding hydrogens is 280 g/mol. The van der Waals surface area contributed by atoms with Gasteiger partial charge in [-0.1, -0.05) is 6.07 Å². The SMILES string of the molecule is COC(=O)c1cc(NC(=S)OC)c(=O)n2ccccc12. The molecule has 0 unspecified atom stereocenters. The molecule has 0 aliphatic rings. The van der Waals surface area contributed by atoms with Crippen LogP contribution in [0.1, 0.15) is 10.4 Å². The first-order chi connectivity index (χ1) is 9.58. The van der Waals surface area contributed by atoms with Crippen LogP contribution in [0, 0.1) is 0 Å². The van der Waals surface area contributed by atoms with Gasteiger partial charge in [-0.3, -0.25) is 9.20 Å². The van der Waals surface area contributed by atoms with Gasteiger partial charge in [-0.2, -0.15) is 0 Å². The van der Waals surface area contributed by atoms with Gasteiger partial charge in [-0.15, -0.1) is 0 Å².